The molecule has 5 heteroatoms. The Morgan fingerprint density at radius 3 is 2.62 bits per heavy atom. The van der Waals surface area contributed by atoms with Crippen LogP contribution in [0, 0.1) is 5.92 Å². The number of nitrogens with one attached hydrogen (secondary N) is 2. The lowest BCUT2D eigenvalue weighted by atomic mass is 9.76. The van der Waals surface area contributed by atoms with Crippen molar-refractivity contribution in [1.82, 2.24) is 15.5 Å². The topological polar surface area (TPSA) is 53.6 Å². The van der Waals surface area contributed by atoms with Gasteiger partial charge in [-0.25, -0.2) is 0 Å². The number of carbonyl (C=O) groups excluding carboxylic acids is 1. The van der Waals surface area contributed by atoms with Crippen LogP contribution in [0.15, 0.2) is 0 Å². The molecule has 1 saturated heterocycles. The SMILES string of the molecule is CCOC(=O)C1(NCCN(CC)CC)CCNCC1CC. The van der Waals surface area contributed by atoms with Gasteiger partial charge in [-0.2, -0.15) is 0 Å². The molecule has 0 spiro atoms. The monoisotopic (exact) mass is 299 g/mol. The van der Waals surface area contributed by atoms with Gasteiger partial charge in [0.15, 0.2) is 0 Å². The Morgan fingerprint density at radius 2 is 2.05 bits per heavy atom. The third-order valence-corrected chi connectivity index (χ3v) is 4.68. The van der Waals surface area contributed by atoms with Crippen molar-refractivity contribution in [3.63, 3.8) is 0 Å². The molecule has 2 unspecified atom stereocenters. The van der Waals surface area contributed by atoms with Crippen molar-refractivity contribution in [3.8, 4) is 0 Å². The summed E-state index contributed by atoms with van der Waals surface area (Å²) >= 11 is 0. The van der Waals surface area contributed by atoms with Crippen molar-refractivity contribution in [3.05, 3.63) is 0 Å². The molecule has 124 valence electrons. The van der Waals surface area contributed by atoms with Gasteiger partial charge in [-0.15, -0.1) is 0 Å². The van der Waals surface area contributed by atoms with Crippen molar-refractivity contribution in [2.24, 2.45) is 5.92 Å². The maximum Gasteiger partial charge on any atom is 0.326 e. The molecule has 0 aliphatic carbocycles. The first-order valence-electron chi connectivity index (χ1n) is 8.49. The molecule has 2 atom stereocenters. The largest absolute Gasteiger partial charge is 0.465 e. The molecular weight excluding hydrogens is 266 g/mol. The first-order chi connectivity index (χ1) is 10.1. The highest BCUT2D eigenvalue weighted by atomic mass is 16.5. The molecule has 0 bridgehead atoms. The van der Waals surface area contributed by atoms with E-state index in [1.807, 2.05) is 6.92 Å². The molecule has 0 saturated carbocycles. The van der Waals surface area contributed by atoms with E-state index in [0.717, 1.165) is 52.1 Å². The second-order valence-electron chi connectivity index (χ2n) is 5.70. The fourth-order valence-electron chi connectivity index (χ4n) is 3.24. The van der Waals surface area contributed by atoms with E-state index in [-0.39, 0.29) is 5.97 Å². The Labute approximate surface area is 129 Å². The average Bonchev–Trinajstić information content (AvgIpc) is 2.52. The van der Waals surface area contributed by atoms with E-state index in [1.54, 1.807) is 0 Å². The molecule has 1 fully saturated rings. The van der Waals surface area contributed by atoms with E-state index in [0.29, 0.717) is 12.5 Å². The van der Waals surface area contributed by atoms with Crippen LogP contribution in [0.25, 0.3) is 0 Å². The Bertz CT molecular complexity index is 308. The lowest BCUT2D eigenvalue weighted by Gasteiger charge is -2.43. The van der Waals surface area contributed by atoms with Crippen LogP contribution < -0.4 is 10.6 Å². The van der Waals surface area contributed by atoms with Crippen LogP contribution in [0.1, 0.15) is 40.5 Å². The summed E-state index contributed by atoms with van der Waals surface area (Å²) in [6.07, 6.45) is 1.78. The predicted octanol–water partition coefficient (Wildman–Crippen LogP) is 1.24. The molecule has 0 amide bonds. The van der Waals surface area contributed by atoms with Crippen molar-refractivity contribution in [2.45, 2.75) is 46.1 Å². The number of piperidine rings is 1. The number of ether oxygens (including phenoxy) is 1. The maximum atomic E-state index is 12.6. The summed E-state index contributed by atoms with van der Waals surface area (Å²) in [4.78, 5) is 14.9. The molecule has 5 nitrogen and oxygen atoms in total. The van der Waals surface area contributed by atoms with Gasteiger partial charge >= 0.3 is 5.97 Å². The zero-order valence-electron chi connectivity index (χ0n) is 14.2. The Morgan fingerprint density at radius 1 is 1.33 bits per heavy atom. The first-order valence-corrected chi connectivity index (χ1v) is 8.49. The van der Waals surface area contributed by atoms with Gasteiger partial charge in [-0.05, 0) is 39.4 Å². The second-order valence-corrected chi connectivity index (χ2v) is 5.70. The molecule has 1 heterocycles. The number of carbonyl (C=O) groups is 1. The molecule has 0 aromatic rings. The molecule has 0 aromatic carbocycles. The Kier molecular flexibility index (Phi) is 8.22. The van der Waals surface area contributed by atoms with Gasteiger partial charge in [-0.1, -0.05) is 20.8 Å². The number of hydrogen-bond donors (Lipinski definition) is 2. The second kappa shape index (κ2) is 9.38. The zero-order valence-corrected chi connectivity index (χ0v) is 14.2. The van der Waals surface area contributed by atoms with Gasteiger partial charge in [0.25, 0.3) is 0 Å². The van der Waals surface area contributed by atoms with E-state index in [9.17, 15) is 4.79 Å². The molecule has 1 aliphatic rings. The van der Waals surface area contributed by atoms with Gasteiger partial charge in [0.1, 0.15) is 5.54 Å². The van der Waals surface area contributed by atoms with Crippen molar-refractivity contribution in [1.29, 1.82) is 0 Å². The van der Waals surface area contributed by atoms with Crippen molar-refractivity contribution >= 4 is 5.97 Å². The molecular formula is C16H33N3O2. The standard InChI is InChI=1S/C16H33N3O2/c1-5-14-13-17-10-9-16(14,15(20)21-8-4)18-11-12-19(6-2)7-3/h14,17-18H,5-13H2,1-4H3. The van der Waals surface area contributed by atoms with E-state index in [1.165, 1.54) is 0 Å². The van der Waals surface area contributed by atoms with Crippen LogP contribution in [0.2, 0.25) is 0 Å². The third-order valence-electron chi connectivity index (χ3n) is 4.68. The van der Waals surface area contributed by atoms with Crippen LogP contribution in [0.3, 0.4) is 0 Å². The lowest BCUT2D eigenvalue weighted by molar-refractivity contribution is -0.155. The van der Waals surface area contributed by atoms with E-state index in [4.69, 9.17) is 4.74 Å². The molecule has 21 heavy (non-hydrogen) atoms. The van der Waals surface area contributed by atoms with E-state index < -0.39 is 5.54 Å². The van der Waals surface area contributed by atoms with Gasteiger partial charge < -0.3 is 20.3 Å². The highest BCUT2D eigenvalue weighted by molar-refractivity contribution is 5.81. The first kappa shape index (κ1) is 18.4. The van der Waals surface area contributed by atoms with Gasteiger partial charge in [-0.3, -0.25) is 4.79 Å². The zero-order chi connectivity index (χ0) is 15.7. The van der Waals surface area contributed by atoms with Crippen molar-refractivity contribution in [2.75, 3.05) is 45.9 Å². The Hall–Kier alpha value is -0.650. The van der Waals surface area contributed by atoms with Crippen LogP contribution in [-0.4, -0.2) is 62.3 Å². The third kappa shape index (κ3) is 4.66. The van der Waals surface area contributed by atoms with Crippen LogP contribution in [0.4, 0.5) is 0 Å². The number of nitrogens with zero attached hydrogens (tertiary/aromatic N) is 1. The average molecular weight is 299 g/mol. The fourth-order valence-corrected chi connectivity index (χ4v) is 3.24. The summed E-state index contributed by atoms with van der Waals surface area (Å²) in [7, 11) is 0. The number of hydrogen-bond acceptors (Lipinski definition) is 5. The fraction of sp³-hybridized carbons (Fsp3) is 0.938. The van der Waals surface area contributed by atoms with Crippen LogP contribution >= 0.6 is 0 Å². The number of rotatable bonds is 9. The van der Waals surface area contributed by atoms with Crippen molar-refractivity contribution < 1.29 is 9.53 Å². The van der Waals surface area contributed by atoms with Gasteiger partial charge in [0, 0.05) is 25.6 Å². The summed E-state index contributed by atoms with van der Waals surface area (Å²) in [6.45, 7) is 14.5. The number of esters is 1. The molecule has 0 radical (unpaired) electrons. The minimum atomic E-state index is -0.511. The minimum absolute atomic E-state index is 0.0714. The predicted molar refractivity (Wildman–Crippen MR) is 86.4 cm³/mol. The smallest absolute Gasteiger partial charge is 0.326 e. The summed E-state index contributed by atoms with van der Waals surface area (Å²) in [5.41, 5.74) is -0.511. The summed E-state index contributed by atoms with van der Waals surface area (Å²) in [6, 6.07) is 0. The van der Waals surface area contributed by atoms with Gasteiger partial charge in [0.2, 0.25) is 0 Å². The van der Waals surface area contributed by atoms with Crippen LogP contribution in [-0.2, 0) is 9.53 Å². The lowest BCUT2D eigenvalue weighted by Crippen LogP contribution is -2.64. The molecule has 1 aliphatic heterocycles. The molecule has 2 N–H and O–H groups in total. The minimum Gasteiger partial charge on any atom is -0.465 e. The summed E-state index contributed by atoms with van der Waals surface area (Å²) in [5.74, 6) is 0.222. The van der Waals surface area contributed by atoms with Gasteiger partial charge in [0.05, 0.1) is 6.61 Å². The normalized spacial score (nSPS) is 26.0. The highest BCUT2D eigenvalue weighted by Gasteiger charge is 2.47. The maximum absolute atomic E-state index is 12.6. The summed E-state index contributed by atoms with van der Waals surface area (Å²) in [5, 5.41) is 6.96. The molecule has 1 rings (SSSR count). The van der Waals surface area contributed by atoms with E-state index in [2.05, 4.69) is 36.3 Å². The summed E-state index contributed by atoms with van der Waals surface area (Å²) < 4.78 is 5.38. The van der Waals surface area contributed by atoms with E-state index >= 15 is 0 Å². The number of likely N-dealkylation sites (N-methyl/N-ethyl adjacent to an activating group) is 1. The Balaban J connectivity index is 2.74. The quantitative estimate of drug-likeness (QED) is 0.627. The van der Waals surface area contributed by atoms with Crippen LogP contribution in [0.5, 0.6) is 0 Å². The highest BCUT2D eigenvalue weighted by Crippen LogP contribution is 2.28. The molecule has 0 aromatic heterocycles.